The third-order valence-corrected chi connectivity index (χ3v) is 4.22. The molecule has 2 amide bonds. The quantitative estimate of drug-likeness (QED) is 0.719. The second-order valence-electron chi connectivity index (χ2n) is 5.80. The third-order valence-electron chi connectivity index (χ3n) is 4.22. The summed E-state index contributed by atoms with van der Waals surface area (Å²) >= 11 is 0. The van der Waals surface area contributed by atoms with Crippen LogP contribution >= 0.6 is 0 Å². The Morgan fingerprint density at radius 3 is 2.80 bits per heavy atom. The van der Waals surface area contributed by atoms with Gasteiger partial charge in [0.05, 0.1) is 17.7 Å². The van der Waals surface area contributed by atoms with Gasteiger partial charge in [0.2, 0.25) is 5.91 Å². The minimum Gasteiger partial charge on any atom is -0.369 e. The van der Waals surface area contributed by atoms with Crippen molar-refractivity contribution in [2.75, 3.05) is 26.2 Å². The lowest BCUT2D eigenvalue weighted by Gasteiger charge is -2.26. The van der Waals surface area contributed by atoms with Crippen molar-refractivity contribution >= 4 is 11.8 Å². The molecule has 0 radical (unpaired) electrons. The lowest BCUT2D eigenvalue weighted by atomic mass is 9.89. The Balaban J connectivity index is 1.70. The summed E-state index contributed by atoms with van der Waals surface area (Å²) in [6.45, 7) is 4.36. The van der Waals surface area contributed by atoms with E-state index in [1.54, 1.807) is 22.7 Å². The van der Waals surface area contributed by atoms with E-state index < -0.39 is 5.41 Å². The van der Waals surface area contributed by atoms with Crippen molar-refractivity contribution in [2.45, 2.75) is 19.4 Å². The van der Waals surface area contributed by atoms with Crippen molar-refractivity contribution < 1.29 is 9.59 Å². The van der Waals surface area contributed by atoms with Gasteiger partial charge in [0, 0.05) is 26.2 Å². The van der Waals surface area contributed by atoms with Crippen molar-refractivity contribution in [3.05, 3.63) is 11.9 Å². The molecule has 8 nitrogen and oxygen atoms in total. The average Bonchev–Trinajstić information content (AvgIpc) is 2.94. The Hall–Kier alpha value is -1.96. The first kappa shape index (κ1) is 13.0. The fraction of sp³-hybridized carbons (Fsp3) is 0.667. The maximum absolute atomic E-state index is 12.3. The molecule has 8 heteroatoms. The lowest BCUT2D eigenvalue weighted by Crippen LogP contribution is -2.43. The molecule has 1 aromatic heterocycles. The van der Waals surface area contributed by atoms with Gasteiger partial charge in [-0.3, -0.25) is 9.59 Å². The summed E-state index contributed by atoms with van der Waals surface area (Å²) in [4.78, 5) is 25.4. The van der Waals surface area contributed by atoms with Gasteiger partial charge in [-0.15, -0.1) is 5.10 Å². The molecule has 0 aliphatic carbocycles. The molecular weight excluding hydrogens is 260 g/mol. The Bertz CT molecular complexity index is 552. The Morgan fingerprint density at radius 1 is 1.50 bits per heavy atom. The summed E-state index contributed by atoms with van der Waals surface area (Å²) in [5.74, 6) is -0.550. The summed E-state index contributed by atoms with van der Waals surface area (Å²) in [5, 5.41) is 11.1. The first-order chi connectivity index (χ1) is 9.49. The van der Waals surface area contributed by atoms with Crippen molar-refractivity contribution in [2.24, 2.45) is 11.1 Å². The van der Waals surface area contributed by atoms with Crippen LogP contribution in [0.1, 0.15) is 29.9 Å². The fourth-order valence-electron chi connectivity index (χ4n) is 2.51. The van der Waals surface area contributed by atoms with Crippen LogP contribution in [0.5, 0.6) is 0 Å². The molecule has 0 bridgehead atoms. The number of aromatic nitrogens is 3. The van der Waals surface area contributed by atoms with Crippen LogP contribution in [0, 0.1) is 5.41 Å². The molecule has 1 aromatic rings. The first-order valence-electron chi connectivity index (χ1n) is 6.71. The van der Waals surface area contributed by atoms with E-state index in [-0.39, 0.29) is 17.9 Å². The first-order valence-corrected chi connectivity index (χ1v) is 6.71. The van der Waals surface area contributed by atoms with E-state index in [1.807, 2.05) is 0 Å². The van der Waals surface area contributed by atoms with Crippen LogP contribution in [0.2, 0.25) is 0 Å². The molecule has 0 spiro atoms. The number of nitrogens with zero attached hydrogens (tertiary/aromatic N) is 4. The smallest absolute Gasteiger partial charge is 0.276 e. The maximum Gasteiger partial charge on any atom is 0.276 e. The molecule has 2 saturated heterocycles. The monoisotopic (exact) mass is 278 g/mol. The largest absolute Gasteiger partial charge is 0.369 e. The number of amides is 2. The van der Waals surface area contributed by atoms with Crippen LogP contribution in [-0.2, 0) is 4.79 Å². The van der Waals surface area contributed by atoms with Gasteiger partial charge >= 0.3 is 0 Å². The third kappa shape index (κ3) is 2.05. The van der Waals surface area contributed by atoms with Crippen molar-refractivity contribution in [3.63, 3.8) is 0 Å². The highest BCUT2D eigenvalue weighted by Gasteiger charge is 2.41. The molecule has 20 heavy (non-hydrogen) atoms. The minimum atomic E-state index is -0.635. The molecular formula is C12H18N6O2. The van der Waals surface area contributed by atoms with Gasteiger partial charge < -0.3 is 16.0 Å². The normalized spacial score (nSPS) is 26.6. The van der Waals surface area contributed by atoms with E-state index in [0.717, 1.165) is 13.1 Å². The van der Waals surface area contributed by atoms with Gasteiger partial charge in [-0.2, -0.15) is 0 Å². The molecule has 3 heterocycles. The second-order valence-corrected chi connectivity index (χ2v) is 5.80. The summed E-state index contributed by atoms with van der Waals surface area (Å²) in [6, 6.07) is 0.276. The van der Waals surface area contributed by atoms with E-state index in [4.69, 9.17) is 5.73 Å². The minimum absolute atomic E-state index is 0.187. The maximum atomic E-state index is 12.3. The summed E-state index contributed by atoms with van der Waals surface area (Å²) in [6.07, 6.45) is 2.27. The fourth-order valence-corrected chi connectivity index (χ4v) is 2.51. The van der Waals surface area contributed by atoms with Crippen LogP contribution in [0.3, 0.4) is 0 Å². The van der Waals surface area contributed by atoms with Crippen molar-refractivity contribution in [1.29, 1.82) is 0 Å². The number of hydrogen-bond acceptors (Lipinski definition) is 5. The zero-order chi connectivity index (χ0) is 14.3. The number of likely N-dealkylation sites (tertiary alicyclic amines) is 1. The standard InChI is InChI=1S/C12H18N6O2/c1-12(11(13)20)2-3-17(7-12)10(19)9-6-18(16-15-9)8-4-14-5-8/h6,8,14H,2-5,7H2,1H3,(H2,13,20). The highest BCUT2D eigenvalue weighted by atomic mass is 16.2. The zero-order valence-electron chi connectivity index (χ0n) is 11.4. The molecule has 3 N–H and O–H groups in total. The number of carbonyl (C=O) groups excluding carboxylic acids is 2. The van der Waals surface area contributed by atoms with E-state index in [0.29, 0.717) is 25.2 Å². The summed E-state index contributed by atoms with van der Waals surface area (Å²) in [7, 11) is 0. The molecule has 0 saturated carbocycles. The topological polar surface area (TPSA) is 106 Å². The summed E-state index contributed by atoms with van der Waals surface area (Å²) < 4.78 is 1.72. The lowest BCUT2D eigenvalue weighted by molar-refractivity contribution is -0.126. The van der Waals surface area contributed by atoms with Crippen LogP contribution in [0.15, 0.2) is 6.20 Å². The predicted molar refractivity (Wildman–Crippen MR) is 69.8 cm³/mol. The number of nitrogens with two attached hydrogens (primary N) is 1. The van der Waals surface area contributed by atoms with Gasteiger partial charge in [-0.25, -0.2) is 4.68 Å². The molecule has 2 fully saturated rings. The highest BCUT2D eigenvalue weighted by molar-refractivity contribution is 5.93. The van der Waals surface area contributed by atoms with Crippen LogP contribution in [-0.4, -0.2) is 57.9 Å². The van der Waals surface area contributed by atoms with Crippen LogP contribution in [0.25, 0.3) is 0 Å². The van der Waals surface area contributed by atoms with Gasteiger partial charge in [0.25, 0.3) is 5.91 Å². The number of hydrogen-bond donors (Lipinski definition) is 2. The molecule has 3 rings (SSSR count). The highest BCUT2D eigenvalue weighted by Crippen LogP contribution is 2.30. The van der Waals surface area contributed by atoms with E-state index in [1.165, 1.54) is 0 Å². The van der Waals surface area contributed by atoms with E-state index in [9.17, 15) is 9.59 Å². The predicted octanol–water partition coefficient (Wildman–Crippen LogP) is -1.24. The molecule has 1 unspecified atom stereocenters. The van der Waals surface area contributed by atoms with Gasteiger partial charge in [0.1, 0.15) is 0 Å². The number of rotatable bonds is 3. The number of carbonyl (C=O) groups is 2. The molecule has 2 aliphatic rings. The van der Waals surface area contributed by atoms with E-state index in [2.05, 4.69) is 15.6 Å². The Labute approximate surface area is 116 Å². The molecule has 108 valence electrons. The van der Waals surface area contributed by atoms with Crippen LogP contribution < -0.4 is 11.1 Å². The number of primary amides is 1. The van der Waals surface area contributed by atoms with Gasteiger partial charge in [-0.1, -0.05) is 5.21 Å². The summed E-state index contributed by atoms with van der Waals surface area (Å²) in [5.41, 5.74) is 5.08. The van der Waals surface area contributed by atoms with Crippen molar-refractivity contribution in [3.8, 4) is 0 Å². The zero-order valence-corrected chi connectivity index (χ0v) is 11.4. The SMILES string of the molecule is CC1(C(N)=O)CCN(C(=O)c2cn(C3CNC3)nn2)C1. The molecule has 0 aromatic carbocycles. The number of nitrogens with one attached hydrogen (secondary N) is 1. The van der Waals surface area contributed by atoms with E-state index >= 15 is 0 Å². The van der Waals surface area contributed by atoms with Gasteiger partial charge in [0.15, 0.2) is 5.69 Å². The average molecular weight is 278 g/mol. The Kier molecular flexibility index (Phi) is 2.97. The molecule has 2 aliphatic heterocycles. The van der Waals surface area contributed by atoms with Crippen LogP contribution in [0.4, 0.5) is 0 Å². The second kappa shape index (κ2) is 4.55. The van der Waals surface area contributed by atoms with Crippen molar-refractivity contribution in [1.82, 2.24) is 25.2 Å². The Morgan fingerprint density at radius 2 is 2.25 bits per heavy atom. The molecule has 1 atom stereocenters. The van der Waals surface area contributed by atoms with Gasteiger partial charge in [-0.05, 0) is 13.3 Å².